The molecule has 0 radical (unpaired) electrons. The van der Waals surface area contributed by atoms with Crippen molar-refractivity contribution < 1.29 is 4.74 Å². The molecule has 0 spiro atoms. The summed E-state index contributed by atoms with van der Waals surface area (Å²) in [6.07, 6.45) is 2.39. The summed E-state index contributed by atoms with van der Waals surface area (Å²) in [7, 11) is 1.61. The molecule has 0 aromatic carbocycles. The Bertz CT molecular complexity index is 147. The number of rotatable bonds is 4. The summed E-state index contributed by atoms with van der Waals surface area (Å²) >= 11 is 0. The molecule has 0 aromatic heterocycles. The molecule has 0 aliphatic rings. The number of nitrogens with two attached hydrogens (primary N) is 2. The van der Waals surface area contributed by atoms with E-state index in [1.54, 1.807) is 13.3 Å². The molecule has 0 fully saturated rings. The third-order valence-corrected chi connectivity index (χ3v) is 1.11. The smallest absolute Gasteiger partial charge is 0.211 e. The fourth-order valence-corrected chi connectivity index (χ4v) is 0.507. The zero-order valence-electron chi connectivity index (χ0n) is 6.82. The van der Waals surface area contributed by atoms with E-state index in [-0.39, 0.29) is 12.1 Å². The van der Waals surface area contributed by atoms with E-state index in [9.17, 15) is 0 Å². The molecule has 0 aromatic rings. The third-order valence-electron chi connectivity index (χ3n) is 1.11. The predicted octanol–water partition coefficient (Wildman–Crippen LogP) is -0.329. The van der Waals surface area contributed by atoms with Crippen molar-refractivity contribution in [3.8, 4) is 0 Å². The summed E-state index contributed by atoms with van der Waals surface area (Å²) in [4.78, 5) is 0. The van der Waals surface area contributed by atoms with Gasteiger partial charge in [-0.05, 0) is 6.42 Å². The molecule has 0 bridgehead atoms. The molecule has 5 heteroatoms. The van der Waals surface area contributed by atoms with Gasteiger partial charge in [0.15, 0.2) is 0 Å². The van der Waals surface area contributed by atoms with Gasteiger partial charge in [0, 0.05) is 7.11 Å². The fourth-order valence-electron chi connectivity index (χ4n) is 0.507. The molecule has 1 atom stereocenters. The van der Waals surface area contributed by atoms with E-state index >= 15 is 0 Å². The van der Waals surface area contributed by atoms with Crippen LogP contribution in [0.15, 0.2) is 10.2 Å². The van der Waals surface area contributed by atoms with Gasteiger partial charge < -0.3 is 16.2 Å². The highest BCUT2D eigenvalue weighted by Gasteiger charge is 1.96. The summed E-state index contributed by atoms with van der Waals surface area (Å²) in [5, 5.41) is 7.02. The van der Waals surface area contributed by atoms with Gasteiger partial charge in [0.05, 0.1) is 12.3 Å². The highest BCUT2D eigenvalue weighted by atomic mass is 16.5. The fraction of sp³-hybridized carbons (Fsp3) is 0.667. The van der Waals surface area contributed by atoms with Gasteiger partial charge in [-0.25, -0.2) is 0 Å². The second-order valence-corrected chi connectivity index (χ2v) is 1.97. The topological polar surface area (TPSA) is 86.0 Å². The molecular formula is C6H14N4O. The van der Waals surface area contributed by atoms with Crippen LogP contribution >= 0.6 is 0 Å². The van der Waals surface area contributed by atoms with E-state index in [1.807, 2.05) is 6.92 Å². The largest absolute Gasteiger partial charge is 0.376 e. The molecule has 0 amide bonds. The van der Waals surface area contributed by atoms with E-state index in [1.165, 1.54) is 0 Å². The highest BCUT2D eigenvalue weighted by molar-refractivity contribution is 5.76. The second kappa shape index (κ2) is 5.67. The number of hydrogen-bond donors (Lipinski definition) is 2. The van der Waals surface area contributed by atoms with Crippen molar-refractivity contribution in [3.63, 3.8) is 0 Å². The van der Waals surface area contributed by atoms with Crippen LogP contribution in [0.25, 0.3) is 0 Å². The first-order valence-electron chi connectivity index (χ1n) is 3.35. The number of nitrogens with zero attached hydrogens (tertiary/aromatic N) is 2. The summed E-state index contributed by atoms with van der Waals surface area (Å²) in [5.41, 5.74) is 10.1. The van der Waals surface area contributed by atoms with Crippen LogP contribution in [0, 0.1) is 0 Å². The van der Waals surface area contributed by atoms with Crippen LogP contribution < -0.4 is 11.5 Å². The Morgan fingerprint density at radius 1 is 1.64 bits per heavy atom. The van der Waals surface area contributed by atoms with Crippen LogP contribution in [0.3, 0.4) is 0 Å². The lowest BCUT2D eigenvalue weighted by Gasteiger charge is -2.03. The van der Waals surface area contributed by atoms with Crippen LogP contribution in [-0.2, 0) is 4.74 Å². The Hall–Kier alpha value is -1.10. The molecule has 5 nitrogen and oxygen atoms in total. The standard InChI is InChI=1S/C6H14N4O/c1-3-5(11-2)4-9-10-6(7)8/h4-5H,3H2,1-2H3,(H4,7,8,10)/b9-4+. The molecule has 0 aliphatic carbocycles. The van der Waals surface area contributed by atoms with Crippen molar-refractivity contribution in [2.45, 2.75) is 19.4 Å². The molecule has 0 saturated carbocycles. The van der Waals surface area contributed by atoms with Gasteiger partial charge >= 0.3 is 0 Å². The minimum Gasteiger partial charge on any atom is -0.376 e. The first-order chi connectivity index (χ1) is 5.20. The summed E-state index contributed by atoms with van der Waals surface area (Å²) in [6, 6.07) is 0. The molecule has 11 heavy (non-hydrogen) atoms. The Morgan fingerprint density at radius 3 is 2.64 bits per heavy atom. The van der Waals surface area contributed by atoms with Crippen LogP contribution in [0.2, 0.25) is 0 Å². The Labute approximate surface area is 66.1 Å². The maximum Gasteiger partial charge on any atom is 0.211 e. The Balaban J connectivity index is 3.80. The maximum absolute atomic E-state index is 5.03. The van der Waals surface area contributed by atoms with Crippen LogP contribution in [0.5, 0.6) is 0 Å². The minimum atomic E-state index is -0.0489. The van der Waals surface area contributed by atoms with E-state index in [0.717, 1.165) is 6.42 Å². The number of guanidine groups is 1. The molecule has 64 valence electrons. The maximum atomic E-state index is 5.03. The molecule has 1 unspecified atom stereocenters. The van der Waals surface area contributed by atoms with Crippen molar-refractivity contribution in [2.75, 3.05) is 7.11 Å². The van der Waals surface area contributed by atoms with Gasteiger partial charge in [-0.15, -0.1) is 5.10 Å². The number of methoxy groups -OCH3 is 1. The first-order valence-corrected chi connectivity index (χ1v) is 3.35. The van der Waals surface area contributed by atoms with Gasteiger partial charge in [0.25, 0.3) is 0 Å². The van der Waals surface area contributed by atoms with E-state index in [4.69, 9.17) is 16.2 Å². The lowest BCUT2D eigenvalue weighted by molar-refractivity contribution is 0.156. The summed E-state index contributed by atoms with van der Waals surface area (Å²) in [5.74, 6) is -0.0489. The molecule has 0 heterocycles. The summed E-state index contributed by atoms with van der Waals surface area (Å²) < 4.78 is 4.98. The van der Waals surface area contributed by atoms with E-state index < -0.39 is 0 Å². The molecular weight excluding hydrogens is 144 g/mol. The van der Waals surface area contributed by atoms with Crippen LogP contribution in [0.1, 0.15) is 13.3 Å². The Morgan fingerprint density at radius 2 is 2.27 bits per heavy atom. The quantitative estimate of drug-likeness (QED) is 0.333. The van der Waals surface area contributed by atoms with E-state index in [2.05, 4.69) is 10.2 Å². The molecule has 0 rings (SSSR count). The average molecular weight is 158 g/mol. The van der Waals surface area contributed by atoms with Crippen molar-refractivity contribution in [3.05, 3.63) is 0 Å². The minimum absolute atomic E-state index is 0.0156. The normalized spacial score (nSPS) is 13.3. The van der Waals surface area contributed by atoms with E-state index in [0.29, 0.717) is 0 Å². The lowest BCUT2D eigenvalue weighted by Crippen LogP contribution is -2.22. The highest BCUT2D eigenvalue weighted by Crippen LogP contribution is 1.91. The molecule has 0 aliphatic heterocycles. The van der Waals surface area contributed by atoms with Gasteiger partial charge in [-0.2, -0.15) is 5.10 Å². The van der Waals surface area contributed by atoms with Crippen molar-refractivity contribution in [1.29, 1.82) is 0 Å². The van der Waals surface area contributed by atoms with Crippen molar-refractivity contribution in [1.82, 2.24) is 0 Å². The zero-order chi connectivity index (χ0) is 8.69. The second-order valence-electron chi connectivity index (χ2n) is 1.97. The molecule has 4 N–H and O–H groups in total. The summed E-state index contributed by atoms with van der Waals surface area (Å²) in [6.45, 7) is 1.98. The molecule has 0 saturated heterocycles. The Kier molecular flexibility index (Phi) is 5.10. The zero-order valence-corrected chi connectivity index (χ0v) is 6.82. The van der Waals surface area contributed by atoms with Crippen molar-refractivity contribution in [2.24, 2.45) is 21.7 Å². The van der Waals surface area contributed by atoms with Crippen LogP contribution in [-0.4, -0.2) is 25.4 Å². The monoisotopic (exact) mass is 158 g/mol. The number of hydrogen-bond acceptors (Lipinski definition) is 3. The van der Waals surface area contributed by atoms with Gasteiger partial charge in [0.2, 0.25) is 5.96 Å². The number of ether oxygens (including phenoxy) is 1. The lowest BCUT2D eigenvalue weighted by atomic mass is 10.3. The van der Waals surface area contributed by atoms with Crippen molar-refractivity contribution >= 4 is 12.2 Å². The SMILES string of the molecule is CCC(/C=N/N=C(N)N)OC. The van der Waals surface area contributed by atoms with Gasteiger partial charge in [0.1, 0.15) is 0 Å². The van der Waals surface area contributed by atoms with Gasteiger partial charge in [-0.3, -0.25) is 0 Å². The van der Waals surface area contributed by atoms with Crippen LogP contribution in [0.4, 0.5) is 0 Å². The van der Waals surface area contributed by atoms with Gasteiger partial charge in [-0.1, -0.05) is 6.92 Å². The first kappa shape index (κ1) is 9.90. The predicted molar refractivity (Wildman–Crippen MR) is 45.4 cm³/mol. The average Bonchev–Trinajstić information content (AvgIpc) is 1.98. The third kappa shape index (κ3) is 5.35.